The third-order valence-corrected chi connectivity index (χ3v) is 2.34. The third-order valence-electron chi connectivity index (χ3n) is 2.34. The van der Waals surface area contributed by atoms with E-state index in [9.17, 15) is 4.79 Å². The second-order valence-electron chi connectivity index (χ2n) is 3.62. The summed E-state index contributed by atoms with van der Waals surface area (Å²) in [4.78, 5) is 11.1. The molecular weight excluding hydrogens is 176 g/mol. The van der Waals surface area contributed by atoms with Crippen LogP contribution in [0.2, 0.25) is 0 Å². The van der Waals surface area contributed by atoms with E-state index in [2.05, 4.69) is 17.6 Å². The van der Waals surface area contributed by atoms with E-state index < -0.39 is 0 Å². The summed E-state index contributed by atoms with van der Waals surface area (Å²) in [6.45, 7) is 6.07. The van der Waals surface area contributed by atoms with E-state index in [1.807, 2.05) is 20.8 Å². The molecule has 0 fully saturated rings. The summed E-state index contributed by atoms with van der Waals surface area (Å²) in [7, 11) is 0. The standard InChI is InChI=1S/C11H16N2O/c1-7-4-8(2)10(9(3)5-7)6-11(14)13-12/h4-5H,6,12H2,1-3H3,(H,13,14). The molecule has 0 aliphatic rings. The van der Waals surface area contributed by atoms with Gasteiger partial charge in [-0.05, 0) is 37.5 Å². The van der Waals surface area contributed by atoms with Crippen molar-refractivity contribution in [1.29, 1.82) is 0 Å². The highest BCUT2D eigenvalue weighted by Gasteiger charge is 2.07. The highest BCUT2D eigenvalue weighted by Crippen LogP contribution is 2.16. The fraction of sp³-hybridized carbons (Fsp3) is 0.364. The van der Waals surface area contributed by atoms with Gasteiger partial charge in [-0.1, -0.05) is 17.7 Å². The van der Waals surface area contributed by atoms with Crippen molar-refractivity contribution in [3.05, 3.63) is 34.4 Å². The van der Waals surface area contributed by atoms with Gasteiger partial charge >= 0.3 is 0 Å². The number of amides is 1. The fourth-order valence-corrected chi connectivity index (χ4v) is 1.70. The minimum atomic E-state index is -0.153. The summed E-state index contributed by atoms with van der Waals surface area (Å²) in [5.74, 6) is 4.90. The van der Waals surface area contributed by atoms with Gasteiger partial charge in [0.1, 0.15) is 0 Å². The number of aryl methyl sites for hydroxylation is 3. The van der Waals surface area contributed by atoms with Crippen molar-refractivity contribution in [2.75, 3.05) is 0 Å². The van der Waals surface area contributed by atoms with Gasteiger partial charge in [0.2, 0.25) is 5.91 Å². The highest BCUT2D eigenvalue weighted by atomic mass is 16.2. The van der Waals surface area contributed by atoms with Crippen LogP contribution in [0.25, 0.3) is 0 Å². The molecular formula is C11H16N2O. The second kappa shape index (κ2) is 4.24. The number of hydrogen-bond donors (Lipinski definition) is 2. The Bertz CT molecular complexity index is 335. The normalized spacial score (nSPS) is 10.0. The van der Waals surface area contributed by atoms with Gasteiger partial charge in [0.15, 0.2) is 0 Å². The predicted molar refractivity (Wildman–Crippen MR) is 56.7 cm³/mol. The number of hydrazine groups is 1. The Labute approximate surface area is 84.3 Å². The minimum Gasteiger partial charge on any atom is -0.294 e. The van der Waals surface area contributed by atoms with E-state index in [0.29, 0.717) is 6.42 Å². The lowest BCUT2D eigenvalue weighted by Gasteiger charge is -2.10. The molecule has 76 valence electrons. The number of carbonyl (C=O) groups is 1. The van der Waals surface area contributed by atoms with Crippen LogP contribution in [-0.4, -0.2) is 5.91 Å². The van der Waals surface area contributed by atoms with E-state index in [4.69, 9.17) is 5.84 Å². The lowest BCUT2D eigenvalue weighted by Crippen LogP contribution is -2.31. The topological polar surface area (TPSA) is 55.1 Å². The zero-order valence-corrected chi connectivity index (χ0v) is 8.85. The number of nitrogens with two attached hydrogens (primary N) is 1. The first-order valence-electron chi connectivity index (χ1n) is 4.60. The van der Waals surface area contributed by atoms with Crippen molar-refractivity contribution in [2.45, 2.75) is 27.2 Å². The van der Waals surface area contributed by atoms with Crippen molar-refractivity contribution in [3.63, 3.8) is 0 Å². The molecule has 0 saturated heterocycles. The van der Waals surface area contributed by atoms with Gasteiger partial charge in [0.05, 0.1) is 6.42 Å². The maximum atomic E-state index is 11.1. The molecule has 0 atom stereocenters. The summed E-state index contributed by atoms with van der Waals surface area (Å²) in [5, 5.41) is 0. The first kappa shape index (κ1) is 10.7. The quantitative estimate of drug-likeness (QED) is 0.419. The van der Waals surface area contributed by atoms with Gasteiger partial charge in [-0.25, -0.2) is 5.84 Å². The van der Waals surface area contributed by atoms with Crippen LogP contribution in [0.15, 0.2) is 12.1 Å². The Morgan fingerprint density at radius 3 is 2.21 bits per heavy atom. The molecule has 0 radical (unpaired) electrons. The SMILES string of the molecule is Cc1cc(C)c(CC(=O)NN)c(C)c1. The first-order valence-corrected chi connectivity index (χ1v) is 4.60. The van der Waals surface area contributed by atoms with E-state index in [-0.39, 0.29) is 5.91 Å². The summed E-state index contributed by atoms with van der Waals surface area (Å²) in [6.07, 6.45) is 0.356. The zero-order valence-electron chi connectivity index (χ0n) is 8.85. The number of rotatable bonds is 2. The van der Waals surface area contributed by atoms with Crippen molar-refractivity contribution in [3.8, 4) is 0 Å². The number of nitrogens with one attached hydrogen (secondary N) is 1. The van der Waals surface area contributed by atoms with Crippen molar-refractivity contribution < 1.29 is 4.79 Å². The number of hydrogen-bond acceptors (Lipinski definition) is 2. The molecule has 3 N–H and O–H groups in total. The molecule has 3 nitrogen and oxygen atoms in total. The summed E-state index contributed by atoms with van der Waals surface area (Å²) in [6, 6.07) is 4.15. The number of carbonyl (C=O) groups excluding carboxylic acids is 1. The van der Waals surface area contributed by atoms with E-state index in [1.54, 1.807) is 0 Å². The Morgan fingerprint density at radius 2 is 1.79 bits per heavy atom. The van der Waals surface area contributed by atoms with Gasteiger partial charge in [-0.3, -0.25) is 10.2 Å². The largest absolute Gasteiger partial charge is 0.294 e. The Balaban J connectivity index is 3.02. The molecule has 1 aromatic rings. The Morgan fingerprint density at radius 1 is 1.29 bits per heavy atom. The minimum absolute atomic E-state index is 0.153. The van der Waals surface area contributed by atoms with Gasteiger partial charge in [0.25, 0.3) is 0 Å². The van der Waals surface area contributed by atoms with Crippen LogP contribution < -0.4 is 11.3 Å². The molecule has 0 aromatic heterocycles. The van der Waals surface area contributed by atoms with Crippen LogP contribution in [-0.2, 0) is 11.2 Å². The van der Waals surface area contributed by atoms with Crippen LogP contribution in [0.1, 0.15) is 22.3 Å². The molecule has 1 rings (SSSR count). The van der Waals surface area contributed by atoms with Crippen LogP contribution in [0.5, 0.6) is 0 Å². The molecule has 0 saturated carbocycles. The Kier molecular flexibility index (Phi) is 3.25. The molecule has 0 bridgehead atoms. The maximum absolute atomic E-state index is 11.1. The van der Waals surface area contributed by atoms with Crippen LogP contribution in [0, 0.1) is 20.8 Å². The first-order chi connectivity index (χ1) is 6.54. The molecule has 1 aromatic carbocycles. The molecule has 0 unspecified atom stereocenters. The van der Waals surface area contributed by atoms with Crippen molar-refractivity contribution >= 4 is 5.91 Å². The molecule has 3 heteroatoms. The lowest BCUT2D eigenvalue weighted by molar-refractivity contribution is -0.120. The monoisotopic (exact) mass is 192 g/mol. The molecule has 1 amide bonds. The average Bonchev–Trinajstić information content (AvgIpc) is 2.10. The Hall–Kier alpha value is -1.35. The van der Waals surface area contributed by atoms with Gasteiger partial charge < -0.3 is 0 Å². The molecule has 0 aliphatic carbocycles. The van der Waals surface area contributed by atoms with Crippen molar-refractivity contribution in [2.24, 2.45) is 5.84 Å². The van der Waals surface area contributed by atoms with Gasteiger partial charge in [0, 0.05) is 0 Å². The van der Waals surface area contributed by atoms with Crippen LogP contribution in [0.4, 0.5) is 0 Å². The molecule has 0 spiro atoms. The summed E-state index contributed by atoms with van der Waals surface area (Å²) < 4.78 is 0. The third kappa shape index (κ3) is 2.33. The summed E-state index contributed by atoms with van der Waals surface area (Å²) >= 11 is 0. The molecule has 0 heterocycles. The van der Waals surface area contributed by atoms with Gasteiger partial charge in [-0.15, -0.1) is 0 Å². The molecule has 0 aliphatic heterocycles. The zero-order chi connectivity index (χ0) is 10.7. The predicted octanol–water partition coefficient (Wildman–Crippen LogP) is 1.14. The van der Waals surface area contributed by atoms with E-state index >= 15 is 0 Å². The average molecular weight is 192 g/mol. The summed E-state index contributed by atoms with van der Waals surface area (Å²) in [5.41, 5.74) is 6.72. The maximum Gasteiger partial charge on any atom is 0.238 e. The van der Waals surface area contributed by atoms with Crippen molar-refractivity contribution in [1.82, 2.24) is 5.43 Å². The van der Waals surface area contributed by atoms with Crippen LogP contribution in [0.3, 0.4) is 0 Å². The van der Waals surface area contributed by atoms with E-state index in [0.717, 1.165) is 16.7 Å². The second-order valence-corrected chi connectivity index (χ2v) is 3.62. The molecule has 14 heavy (non-hydrogen) atoms. The fourth-order valence-electron chi connectivity index (χ4n) is 1.70. The lowest BCUT2D eigenvalue weighted by atomic mass is 9.97. The smallest absolute Gasteiger partial charge is 0.238 e. The van der Waals surface area contributed by atoms with Crippen LogP contribution >= 0.6 is 0 Å². The van der Waals surface area contributed by atoms with Gasteiger partial charge in [-0.2, -0.15) is 0 Å². The number of benzene rings is 1. The van der Waals surface area contributed by atoms with E-state index in [1.165, 1.54) is 5.56 Å². The highest BCUT2D eigenvalue weighted by molar-refractivity contribution is 5.78.